The van der Waals surface area contributed by atoms with Gasteiger partial charge in [-0.1, -0.05) is 31.0 Å². The fourth-order valence-electron chi connectivity index (χ4n) is 5.18. The first kappa shape index (κ1) is 30.2. The van der Waals surface area contributed by atoms with Crippen molar-refractivity contribution in [3.63, 3.8) is 0 Å². The van der Waals surface area contributed by atoms with Crippen LogP contribution in [0, 0.1) is 0 Å². The average Bonchev–Trinajstić information content (AvgIpc) is 2.83. The molecule has 2 saturated heterocycles. The van der Waals surface area contributed by atoms with E-state index in [0.717, 1.165) is 19.4 Å². The molecule has 0 aliphatic carbocycles. The fraction of sp³-hybridized carbons (Fsp3) is 0.769. The van der Waals surface area contributed by atoms with Crippen molar-refractivity contribution in [2.75, 3.05) is 26.2 Å². The van der Waals surface area contributed by atoms with Crippen molar-refractivity contribution >= 4 is 10.0 Å². The summed E-state index contributed by atoms with van der Waals surface area (Å²) in [5.74, 6) is 0. The molecule has 2 aliphatic rings. The van der Waals surface area contributed by atoms with Crippen LogP contribution in [0.1, 0.15) is 66.2 Å². The molecule has 0 saturated carbocycles. The molecule has 35 heavy (non-hydrogen) atoms. The van der Waals surface area contributed by atoms with Gasteiger partial charge in [0.05, 0.1) is 17.1 Å². The van der Waals surface area contributed by atoms with E-state index in [4.69, 9.17) is 5.73 Å². The van der Waals surface area contributed by atoms with Gasteiger partial charge in [-0.15, -0.1) is 0 Å². The Morgan fingerprint density at radius 1 is 0.857 bits per heavy atom. The third-order valence-corrected chi connectivity index (χ3v) is 8.87. The van der Waals surface area contributed by atoms with Gasteiger partial charge in [0.25, 0.3) is 0 Å². The Morgan fingerprint density at radius 3 is 1.71 bits per heavy atom. The summed E-state index contributed by atoms with van der Waals surface area (Å²) in [5.41, 5.74) is 5.40. The minimum atomic E-state index is -3.55. The summed E-state index contributed by atoms with van der Waals surface area (Å²) in [7, 11) is -3.55. The van der Waals surface area contributed by atoms with E-state index in [0.29, 0.717) is 37.3 Å². The number of sulfonamides is 1. The number of hydrogen-bond acceptors (Lipinski definition) is 7. The predicted molar refractivity (Wildman–Crippen MR) is 142 cm³/mol. The molecule has 2 aliphatic heterocycles. The van der Waals surface area contributed by atoms with Crippen LogP contribution in [0.25, 0.3) is 0 Å². The molecule has 0 unspecified atom stereocenters. The lowest BCUT2D eigenvalue weighted by atomic mass is 9.97. The van der Waals surface area contributed by atoms with Crippen LogP contribution in [-0.2, 0) is 10.0 Å². The minimum Gasteiger partial charge on any atom is -0.390 e. The van der Waals surface area contributed by atoms with Gasteiger partial charge in [0.15, 0.2) is 0 Å². The lowest BCUT2D eigenvalue weighted by molar-refractivity contribution is 0.0438. The Kier molecular flexibility index (Phi) is 12.6. The number of β-amino-alcohol motifs (C(OH)–C–C–N with tert-alkyl or cyclic N) is 2. The van der Waals surface area contributed by atoms with Crippen molar-refractivity contribution in [1.82, 2.24) is 14.5 Å². The van der Waals surface area contributed by atoms with Crippen molar-refractivity contribution < 1.29 is 18.6 Å². The Balaban J connectivity index is 0.000000283. The molecule has 8 nitrogen and oxygen atoms in total. The van der Waals surface area contributed by atoms with E-state index in [1.165, 1.54) is 25.7 Å². The third-order valence-electron chi connectivity index (χ3n) is 7.43. The second kappa shape index (κ2) is 14.6. The van der Waals surface area contributed by atoms with E-state index in [2.05, 4.69) is 42.2 Å². The number of nitrogens with two attached hydrogens (primary N) is 1. The Bertz CT molecular complexity index is 806. The third kappa shape index (κ3) is 9.72. The molecule has 1 aromatic carbocycles. The van der Waals surface area contributed by atoms with Gasteiger partial charge in [0.2, 0.25) is 10.0 Å². The largest absolute Gasteiger partial charge is 0.390 e. The van der Waals surface area contributed by atoms with Crippen molar-refractivity contribution in [1.29, 1.82) is 0 Å². The van der Waals surface area contributed by atoms with E-state index in [-0.39, 0.29) is 17.5 Å². The molecule has 202 valence electrons. The standard InChI is InChI=1S/C16H26N2O3S.C10H22N2O/c1-13-7-6-8-14(2)18(13)12-15(19)11-17-22(20,21)16-9-4-3-5-10-16;1-8-4-3-5-9(2)12(8)7-10(13)6-11/h3-5,9-10,13-15,17,19H,6-8,11-12H2,1-2H3;8-10,13H,3-7,11H2,1-2H3/t13-,14+,15-;8-,9+,10-/m00/s1. The highest BCUT2D eigenvalue weighted by molar-refractivity contribution is 7.89. The van der Waals surface area contributed by atoms with Crippen LogP contribution in [0.5, 0.6) is 0 Å². The molecule has 6 atom stereocenters. The van der Waals surface area contributed by atoms with Gasteiger partial charge in [-0.2, -0.15) is 0 Å². The van der Waals surface area contributed by atoms with Crippen LogP contribution in [0.2, 0.25) is 0 Å². The minimum absolute atomic E-state index is 0.0349. The van der Waals surface area contributed by atoms with Gasteiger partial charge in [-0.3, -0.25) is 9.80 Å². The van der Waals surface area contributed by atoms with Crippen LogP contribution in [0.4, 0.5) is 0 Å². The lowest BCUT2D eigenvalue weighted by Gasteiger charge is -2.40. The Hall–Kier alpha value is -1.07. The summed E-state index contributed by atoms with van der Waals surface area (Å²) in [5, 5.41) is 19.7. The van der Waals surface area contributed by atoms with Gasteiger partial charge in [-0.25, -0.2) is 13.1 Å². The van der Waals surface area contributed by atoms with Crippen LogP contribution in [0.15, 0.2) is 35.2 Å². The Labute approximate surface area is 212 Å². The van der Waals surface area contributed by atoms with Crippen molar-refractivity contribution in [2.24, 2.45) is 5.73 Å². The van der Waals surface area contributed by atoms with E-state index in [1.807, 2.05) is 0 Å². The summed E-state index contributed by atoms with van der Waals surface area (Å²) in [6, 6.07) is 10.3. The van der Waals surface area contributed by atoms with Crippen LogP contribution in [0.3, 0.4) is 0 Å². The highest BCUT2D eigenvalue weighted by Gasteiger charge is 2.27. The second-order valence-corrected chi connectivity index (χ2v) is 12.1. The maximum absolute atomic E-state index is 12.1. The first-order valence-corrected chi connectivity index (χ1v) is 14.7. The summed E-state index contributed by atoms with van der Waals surface area (Å²) in [6.07, 6.45) is 6.24. The summed E-state index contributed by atoms with van der Waals surface area (Å²) in [4.78, 5) is 4.87. The molecule has 2 fully saturated rings. The number of likely N-dealkylation sites (tertiary alicyclic amines) is 2. The molecule has 0 amide bonds. The molecule has 9 heteroatoms. The SMILES string of the molecule is C[C@@H]1CCC[C@H](C)N1C[C@@H](O)CN.C[C@@H]1CCC[C@H](C)N1C[C@@H](O)CNS(=O)(=O)c1ccccc1. The maximum Gasteiger partial charge on any atom is 0.240 e. The number of nitrogens with zero attached hydrogens (tertiary/aromatic N) is 2. The van der Waals surface area contributed by atoms with Gasteiger partial charge < -0.3 is 15.9 Å². The van der Waals surface area contributed by atoms with E-state index >= 15 is 0 Å². The van der Waals surface area contributed by atoms with Gasteiger partial charge in [0, 0.05) is 50.3 Å². The molecular weight excluding hydrogens is 464 g/mol. The topological polar surface area (TPSA) is 119 Å². The molecule has 0 spiro atoms. The number of nitrogens with one attached hydrogen (secondary N) is 1. The number of rotatable bonds is 9. The highest BCUT2D eigenvalue weighted by Crippen LogP contribution is 2.23. The summed E-state index contributed by atoms with van der Waals surface area (Å²) < 4.78 is 26.7. The molecular formula is C26H48N4O4S. The predicted octanol–water partition coefficient (Wildman–Crippen LogP) is 2.16. The zero-order valence-corrected chi connectivity index (χ0v) is 22.8. The number of aliphatic hydroxyl groups excluding tert-OH is 2. The van der Waals surface area contributed by atoms with Crippen LogP contribution >= 0.6 is 0 Å². The van der Waals surface area contributed by atoms with Crippen molar-refractivity contribution in [3.8, 4) is 0 Å². The summed E-state index contributed by atoms with van der Waals surface area (Å²) in [6.45, 7) is 10.4. The zero-order valence-electron chi connectivity index (χ0n) is 22.0. The molecule has 0 bridgehead atoms. The molecule has 5 N–H and O–H groups in total. The smallest absolute Gasteiger partial charge is 0.240 e. The van der Waals surface area contributed by atoms with Gasteiger partial charge in [0.1, 0.15) is 0 Å². The number of aliphatic hydroxyl groups is 2. The molecule has 1 aromatic rings. The number of piperidine rings is 2. The highest BCUT2D eigenvalue weighted by atomic mass is 32.2. The van der Waals surface area contributed by atoms with E-state index < -0.39 is 16.1 Å². The molecule has 3 rings (SSSR count). The van der Waals surface area contributed by atoms with Gasteiger partial charge in [-0.05, 0) is 65.5 Å². The molecule has 0 radical (unpaired) electrons. The van der Waals surface area contributed by atoms with Crippen LogP contribution in [-0.4, -0.2) is 91.0 Å². The normalized spacial score (nSPS) is 28.1. The van der Waals surface area contributed by atoms with E-state index in [1.54, 1.807) is 30.3 Å². The van der Waals surface area contributed by atoms with Crippen LogP contribution < -0.4 is 10.5 Å². The number of hydrogen-bond donors (Lipinski definition) is 4. The number of benzene rings is 1. The molecule has 2 heterocycles. The second-order valence-electron chi connectivity index (χ2n) is 10.4. The van der Waals surface area contributed by atoms with Gasteiger partial charge >= 0.3 is 0 Å². The first-order chi connectivity index (χ1) is 16.5. The first-order valence-electron chi connectivity index (χ1n) is 13.2. The Morgan fingerprint density at radius 2 is 1.29 bits per heavy atom. The van der Waals surface area contributed by atoms with E-state index in [9.17, 15) is 18.6 Å². The monoisotopic (exact) mass is 512 g/mol. The van der Waals surface area contributed by atoms with Crippen molar-refractivity contribution in [2.45, 2.75) is 107 Å². The van der Waals surface area contributed by atoms with Crippen molar-refractivity contribution in [3.05, 3.63) is 30.3 Å². The average molecular weight is 513 g/mol. The zero-order chi connectivity index (χ0) is 26.0. The summed E-state index contributed by atoms with van der Waals surface area (Å²) >= 11 is 0. The molecule has 0 aromatic heterocycles. The fourth-order valence-corrected chi connectivity index (χ4v) is 6.28. The lowest BCUT2D eigenvalue weighted by Crippen LogP contribution is -2.49. The maximum atomic E-state index is 12.1. The quantitative estimate of drug-likeness (QED) is 0.400.